The average Bonchev–Trinajstić information content (AvgIpc) is 2.61. The highest BCUT2D eigenvalue weighted by Crippen LogP contribution is 2.55. The minimum absolute atomic E-state index is 0.354. The van der Waals surface area contributed by atoms with E-state index in [1.807, 2.05) is 0 Å². The fraction of sp³-hybridized carbons (Fsp3) is 0.696. The monoisotopic (exact) mass is 368 g/mol. The summed E-state index contributed by atoms with van der Waals surface area (Å²) in [5.74, 6) is 3.76. The van der Waals surface area contributed by atoms with Crippen LogP contribution in [0.2, 0.25) is 0 Å². The van der Waals surface area contributed by atoms with E-state index in [0.717, 1.165) is 41.9 Å². The quantitative estimate of drug-likeness (QED) is 0.773. The Hall–Kier alpha value is -1.09. The molecule has 5 fully saturated rings. The summed E-state index contributed by atoms with van der Waals surface area (Å²) in [6, 6.07) is 11.0. The van der Waals surface area contributed by atoms with Crippen molar-refractivity contribution in [1.29, 1.82) is 0 Å². The number of nitrogens with zero attached hydrogens (tertiary/aromatic N) is 1. The molecule has 1 aromatic carbocycles. The summed E-state index contributed by atoms with van der Waals surface area (Å²) in [4.78, 5) is 2.47. The number of nitrogens with one attached hydrogen (secondary N) is 1. The minimum atomic E-state index is 0.354. The SMILES string of the molecule is S=C(NC12CC3CC(CC(C3)C1)C2)N1CCC(Cc2ccccc2)CC1. The molecule has 4 saturated carbocycles. The normalized spacial score (nSPS) is 36.3. The van der Waals surface area contributed by atoms with Crippen LogP contribution in [0.4, 0.5) is 0 Å². The highest BCUT2D eigenvalue weighted by atomic mass is 32.1. The number of hydrogen-bond acceptors (Lipinski definition) is 1. The van der Waals surface area contributed by atoms with Gasteiger partial charge in [0.05, 0.1) is 0 Å². The smallest absolute Gasteiger partial charge is 0.169 e. The van der Waals surface area contributed by atoms with Crippen LogP contribution < -0.4 is 5.32 Å². The van der Waals surface area contributed by atoms with Gasteiger partial charge in [-0.3, -0.25) is 0 Å². The molecule has 1 aromatic rings. The van der Waals surface area contributed by atoms with Crippen molar-refractivity contribution in [2.24, 2.45) is 23.7 Å². The second-order valence-electron chi connectivity index (χ2n) is 9.75. The van der Waals surface area contributed by atoms with Gasteiger partial charge in [0.1, 0.15) is 0 Å². The standard InChI is InChI=1S/C23H32N2S/c26-22(24-23-14-19-11-20(15-23)13-21(12-19)16-23)25-8-6-18(7-9-25)10-17-4-2-1-3-5-17/h1-5,18-21H,6-16H2,(H,24,26). The van der Waals surface area contributed by atoms with Gasteiger partial charge in [-0.15, -0.1) is 0 Å². The van der Waals surface area contributed by atoms with Gasteiger partial charge >= 0.3 is 0 Å². The van der Waals surface area contributed by atoms with Crippen LogP contribution in [-0.2, 0) is 6.42 Å². The summed E-state index contributed by atoms with van der Waals surface area (Å²) in [6.45, 7) is 2.27. The Kier molecular flexibility index (Phi) is 4.47. The molecule has 3 heteroatoms. The first-order chi connectivity index (χ1) is 12.7. The molecular weight excluding hydrogens is 336 g/mol. The van der Waals surface area contributed by atoms with Crippen LogP contribution in [0.15, 0.2) is 30.3 Å². The van der Waals surface area contributed by atoms with Gasteiger partial charge in [-0.25, -0.2) is 0 Å². The van der Waals surface area contributed by atoms with Crippen molar-refractivity contribution in [1.82, 2.24) is 10.2 Å². The van der Waals surface area contributed by atoms with Crippen molar-refractivity contribution in [2.45, 2.75) is 63.3 Å². The van der Waals surface area contributed by atoms with Crippen LogP contribution in [0.3, 0.4) is 0 Å². The molecular formula is C23H32N2S. The lowest BCUT2D eigenvalue weighted by atomic mass is 9.53. The third kappa shape index (κ3) is 3.40. The fourth-order valence-electron chi connectivity index (χ4n) is 6.86. The number of thiocarbonyl (C=S) groups is 1. The molecule has 0 radical (unpaired) electrons. The third-order valence-electron chi connectivity index (χ3n) is 7.68. The number of likely N-dealkylation sites (tertiary alicyclic amines) is 1. The Labute approximate surface area is 163 Å². The van der Waals surface area contributed by atoms with Gasteiger partial charge in [0.15, 0.2) is 5.11 Å². The summed E-state index contributed by atoms with van der Waals surface area (Å²) in [5.41, 5.74) is 1.84. The lowest BCUT2D eigenvalue weighted by Crippen LogP contribution is -2.62. The van der Waals surface area contributed by atoms with Crippen molar-refractivity contribution in [2.75, 3.05) is 13.1 Å². The molecule has 0 aromatic heterocycles. The van der Waals surface area contributed by atoms with Crippen LogP contribution in [0.5, 0.6) is 0 Å². The first kappa shape index (κ1) is 17.0. The molecule has 6 rings (SSSR count). The number of piperidine rings is 1. The number of hydrogen-bond donors (Lipinski definition) is 1. The lowest BCUT2D eigenvalue weighted by molar-refractivity contribution is -0.0114. The van der Waals surface area contributed by atoms with Crippen molar-refractivity contribution < 1.29 is 0 Å². The second-order valence-corrected chi connectivity index (χ2v) is 10.1. The Balaban J connectivity index is 1.15. The molecule has 1 heterocycles. The van der Waals surface area contributed by atoms with Crippen molar-refractivity contribution in [3.05, 3.63) is 35.9 Å². The van der Waals surface area contributed by atoms with Gasteiger partial charge in [0.2, 0.25) is 0 Å². The molecule has 0 atom stereocenters. The zero-order valence-electron chi connectivity index (χ0n) is 15.8. The number of benzene rings is 1. The maximum absolute atomic E-state index is 5.89. The van der Waals surface area contributed by atoms with Crippen LogP contribution in [-0.4, -0.2) is 28.6 Å². The van der Waals surface area contributed by atoms with Gasteiger partial charge in [-0.05, 0) is 99.2 Å². The number of rotatable bonds is 3. The zero-order valence-corrected chi connectivity index (χ0v) is 16.6. The lowest BCUT2D eigenvalue weighted by Gasteiger charge is -2.57. The molecule has 2 nitrogen and oxygen atoms in total. The highest BCUT2D eigenvalue weighted by molar-refractivity contribution is 7.80. The largest absolute Gasteiger partial charge is 0.357 e. The van der Waals surface area contributed by atoms with E-state index in [1.165, 1.54) is 63.4 Å². The summed E-state index contributed by atoms with van der Waals surface area (Å²) in [6.07, 6.45) is 12.4. The molecule has 140 valence electrons. The average molecular weight is 369 g/mol. The van der Waals surface area contributed by atoms with Crippen LogP contribution >= 0.6 is 12.2 Å². The summed E-state index contributed by atoms with van der Waals surface area (Å²) >= 11 is 5.89. The minimum Gasteiger partial charge on any atom is -0.357 e. The van der Waals surface area contributed by atoms with Crippen molar-refractivity contribution in [3.8, 4) is 0 Å². The zero-order chi connectivity index (χ0) is 17.6. The maximum Gasteiger partial charge on any atom is 0.169 e. The van der Waals surface area contributed by atoms with Gasteiger partial charge in [-0.1, -0.05) is 30.3 Å². The third-order valence-corrected chi connectivity index (χ3v) is 8.04. The van der Waals surface area contributed by atoms with E-state index in [9.17, 15) is 0 Å². The van der Waals surface area contributed by atoms with E-state index in [-0.39, 0.29) is 0 Å². The second kappa shape index (κ2) is 6.82. The predicted octanol–water partition coefficient (Wildman–Crippen LogP) is 4.78. The topological polar surface area (TPSA) is 15.3 Å². The molecule has 26 heavy (non-hydrogen) atoms. The van der Waals surface area contributed by atoms with Crippen molar-refractivity contribution >= 4 is 17.3 Å². The van der Waals surface area contributed by atoms with Crippen LogP contribution in [0, 0.1) is 23.7 Å². The summed E-state index contributed by atoms with van der Waals surface area (Å²) in [5, 5.41) is 4.98. The first-order valence-electron chi connectivity index (χ1n) is 10.8. The molecule has 1 aliphatic heterocycles. The molecule has 0 amide bonds. The molecule has 0 spiro atoms. The van der Waals surface area contributed by atoms with Gasteiger partial charge in [0.25, 0.3) is 0 Å². The van der Waals surface area contributed by atoms with E-state index >= 15 is 0 Å². The molecule has 4 aliphatic carbocycles. The maximum atomic E-state index is 5.89. The fourth-order valence-corrected chi connectivity index (χ4v) is 7.26. The van der Waals surface area contributed by atoms with E-state index in [4.69, 9.17) is 12.2 Å². The highest BCUT2D eigenvalue weighted by Gasteiger charge is 2.51. The summed E-state index contributed by atoms with van der Waals surface area (Å²) in [7, 11) is 0. The van der Waals surface area contributed by atoms with E-state index in [2.05, 4.69) is 40.5 Å². The van der Waals surface area contributed by atoms with E-state index in [0.29, 0.717) is 5.54 Å². The van der Waals surface area contributed by atoms with Crippen LogP contribution in [0.1, 0.15) is 56.9 Å². The summed E-state index contributed by atoms with van der Waals surface area (Å²) < 4.78 is 0. The Morgan fingerprint density at radius 3 is 2.12 bits per heavy atom. The van der Waals surface area contributed by atoms with Gasteiger partial charge in [0, 0.05) is 18.6 Å². The van der Waals surface area contributed by atoms with Gasteiger partial charge < -0.3 is 10.2 Å². The van der Waals surface area contributed by atoms with E-state index in [1.54, 1.807) is 0 Å². The van der Waals surface area contributed by atoms with Gasteiger partial charge in [-0.2, -0.15) is 0 Å². The van der Waals surface area contributed by atoms with Crippen molar-refractivity contribution in [3.63, 3.8) is 0 Å². The molecule has 1 N–H and O–H groups in total. The molecule has 0 unspecified atom stereocenters. The Morgan fingerprint density at radius 1 is 0.962 bits per heavy atom. The molecule has 5 aliphatic rings. The molecule has 1 saturated heterocycles. The Morgan fingerprint density at radius 2 is 1.54 bits per heavy atom. The Bertz CT molecular complexity index is 612. The molecule has 4 bridgehead atoms. The predicted molar refractivity (Wildman–Crippen MR) is 111 cm³/mol. The first-order valence-corrected chi connectivity index (χ1v) is 11.2. The van der Waals surface area contributed by atoms with E-state index < -0.39 is 0 Å². The van der Waals surface area contributed by atoms with Crippen LogP contribution in [0.25, 0.3) is 0 Å².